The van der Waals surface area contributed by atoms with Crippen molar-refractivity contribution >= 4 is 5.69 Å². The number of nitro benzene ring substituents is 1. The van der Waals surface area contributed by atoms with Crippen LogP contribution in [0.15, 0.2) is 12.1 Å². The zero-order valence-electron chi connectivity index (χ0n) is 9.43. The Balaban J connectivity index is 3.14. The molecule has 0 aliphatic carbocycles. The number of aliphatic hydroxyl groups is 1. The average molecular weight is 263 g/mol. The maximum absolute atomic E-state index is 12.0. The molecule has 0 unspecified atom stereocenters. The molecule has 1 N–H and O–H groups in total. The Hall–Kier alpha value is -1.96. The predicted molar refractivity (Wildman–Crippen MR) is 57.1 cm³/mol. The third-order valence-electron chi connectivity index (χ3n) is 2.10. The van der Waals surface area contributed by atoms with Crippen LogP contribution in [0.3, 0.4) is 0 Å². The minimum atomic E-state index is -2.70. The van der Waals surface area contributed by atoms with E-state index in [9.17, 15) is 18.9 Å². The summed E-state index contributed by atoms with van der Waals surface area (Å²) in [6.45, 7) is -1.46. The molecule has 0 aromatic heterocycles. The van der Waals surface area contributed by atoms with Crippen LogP contribution in [-0.2, 0) is 6.61 Å². The van der Waals surface area contributed by atoms with Crippen LogP contribution in [0.25, 0.3) is 0 Å². The third-order valence-corrected chi connectivity index (χ3v) is 2.10. The number of halogens is 2. The topological polar surface area (TPSA) is 81.8 Å². The van der Waals surface area contributed by atoms with E-state index < -0.39 is 30.2 Å². The molecule has 100 valence electrons. The van der Waals surface area contributed by atoms with Gasteiger partial charge in [-0.15, -0.1) is 0 Å². The van der Waals surface area contributed by atoms with Gasteiger partial charge in [-0.1, -0.05) is 0 Å². The van der Waals surface area contributed by atoms with Gasteiger partial charge < -0.3 is 14.6 Å². The summed E-state index contributed by atoms with van der Waals surface area (Å²) in [6, 6.07) is 2.13. The summed E-state index contributed by atoms with van der Waals surface area (Å²) in [7, 11) is 1.26. The number of nitro groups is 1. The van der Waals surface area contributed by atoms with Gasteiger partial charge in [-0.2, -0.15) is 0 Å². The second kappa shape index (κ2) is 6.10. The highest BCUT2D eigenvalue weighted by Crippen LogP contribution is 2.34. The van der Waals surface area contributed by atoms with Crippen molar-refractivity contribution in [2.24, 2.45) is 0 Å². The quantitative estimate of drug-likeness (QED) is 0.624. The minimum absolute atomic E-state index is 0.0150. The molecule has 1 rings (SSSR count). The fraction of sp³-hybridized carbons (Fsp3) is 0.400. The van der Waals surface area contributed by atoms with Crippen molar-refractivity contribution in [3.8, 4) is 11.5 Å². The van der Waals surface area contributed by atoms with Crippen LogP contribution in [0.1, 0.15) is 5.56 Å². The molecule has 0 saturated carbocycles. The lowest BCUT2D eigenvalue weighted by Gasteiger charge is -2.11. The number of benzene rings is 1. The lowest BCUT2D eigenvalue weighted by molar-refractivity contribution is -0.386. The van der Waals surface area contributed by atoms with Crippen LogP contribution in [-0.4, -0.2) is 30.2 Å². The first kappa shape index (κ1) is 14.1. The molecule has 1 aromatic rings. The highest BCUT2D eigenvalue weighted by atomic mass is 19.3. The van der Waals surface area contributed by atoms with E-state index in [-0.39, 0.29) is 17.1 Å². The predicted octanol–water partition coefficient (Wildman–Crippen LogP) is 1.74. The van der Waals surface area contributed by atoms with Crippen LogP contribution in [0.5, 0.6) is 11.5 Å². The summed E-state index contributed by atoms with van der Waals surface area (Å²) < 4.78 is 33.6. The Morgan fingerprint density at radius 3 is 2.56 bits per heavy atom. The molecule has 0 radical (unpaired) electrons. The van der Waals surface area contributed by atoms with Crippen LogP contribution < -0.4 is 9.47 Å². The first-order valence-electron chi connectivity index (χ1n) is 4.86. The standard InChI is InChI=1S/C10H11F2NO5/c1-17-8-2-6(4-14)7(13(15)16)3-9(8)18-5-10(11)12/h2-3,10,14H,4-5H2,1H3. The van der Waals surface area contributed by atoms with E-state index in [1.165, 1.54) is 13.2 Å². The minimum Gasteiger partial charge on any atom is -0.493 e. The normalized spacial score (nSPS) is 10.5. The Labute approximate surface area is 101 Å². The summed E-state index contributed by atoms with van der Waals surface area (Å²) >= 11 is 0. The van der Waals surface area contributed by atoms with E-state index in [2.05, 4.69) is 0 Å². The van der Waals surface area contributed by atoms with Gasteiger partial charge in [-0.25, -0.2) is 8.78 Å². The number of aliphatic hydroxyl groups excluding tert-OH is 1. The fourth-order valence-corrected chi connectivity index (χ4v) is 1.31. The lowest BCUT2D eigenvalue weighted by Crippen LogP contribution is -2.08. The molecule has 18 heavy (non-hydrogen) atoms. The van der Waals surface area contributed by atoms with Crippen molar-refractivity contribution in [2.45, 2.75) is 13.0 Å². The number of methoxy groups -OCH3 is 1. The molecule has 6 nitrogen and oxygen atoms in total. The monoisotopic (exact) mass is 263 g/mol. The van der Waals surface area contributed by atoms with Gasteiger partial charge >= 0.3 is 0 Å². The summed E-state index contributed by atoms with van der Waals surface area (Å²) in [5, 5.41) is 19.7. The molecule has 0 aliphatic heterocycles. The number of ether oxygens (including phenoxy) is 2. The molecular formula is C10H11F2NO5. The Morgan fingerprint density at radius 1 is 1.44 bits per heavy atom. The van der Waals surface area contributed by atoms with Gasteiger partial charge in [0.25, 0.3) is 12.1 Å². The Kier molecular flexibility index (Phi) is 4.78. The highest BCUT2D eigenvalue weighted by molar-refractivity contribution is 5.54. The van der Waals surface area contributed by atoms with Crippen molar-refractivity contribution in [2.75, 3.05) is 13.7 Å². The van der Waals surface area contributed by atoms with Crippen molar-refractivity contribution < 1.29 is 28.3 Å². The van der Waals surface area contributed by atoms with E-state index in [4.69, 9.17) is 14.6 Å². The number of nitrogens with zero attached hydrogens (tertiary/aromatic N) is 1. The summed E-state index contributed by atoms with van der Waals surface area (Å²) in [6.07, 6.45) is -2.70. The summed E-state index contributed by atoms with van der Waals surface area (Å²) in [5.74, 6) is -0.119. The van der Waals surface area contributed by atoms with Crippen LogP contribution >= 0.6 is 0 Å². The number of rotatable bonds is 6. The molecule has 1 aromatic carbocycles. The van der Waals surface area contributed by atoms with Crippen LogP contribution in [0.4, 0.5) is 14.5 Å². The van der Waals surface area contributed by atoms with E-state index in [0.29, 0.717) is 0 Å². The number of hydrogen-bond acceptors (Lipinski definition) is 5. The molecule has 0 fully saturated rings. The second-order valence-corrected chi connectivity index (χ2v) is 3.25. The maximum Gasteiger partial charge on any atom is 0.278 e. The highest BCUT2D eigenvalue weighted by Gasteiger charge is 2.19. The number of hydrogen-bond donors (Lipinski definition) is 1. The Bertz CT molecular complexity index is 439. The third kappa shape index (κ3) is 3.27. The van der Waals surface area contributed by atoms with Gasteiger partial charge in [0.1, 0.15) is 6.61 Å². The molecule has 0 spiro atoms. The second-order valence-electron chi connectivity index (χ2n) is 3.25. The molecule has 0 aliphatic rings. The fourth-order valence-electron chi connectivity index (χ4n) is 1.31. The molecule has 8 heteroatoms. The smallest absolute Gasteiger partial charge is 0.278 e. The van der Waals surface area contributed by atoms with E-state index in [1.807, 2.05) is 0 Å². The first-order valence-corrected chi connectivity index (χ1v) is 4.86. The average Bonchev–Trinajstić information content (AvgIpc) is 2.34. The van der Waals surface area contributed by atoms with Crippen molar-refractivity contribution in [1.29, 1.82) is 0 Å². The molecule has 0 bridgehead atoms. The summed E-state index contributed by atoms with van der Waals surface area (Å²) in [5.41, 5.74) is -0.399. The van der Waals surface area contributed by atoms with Gasteiger partial charge in [-0.3, -0.25) is 10.1 Å². The van der Waals surface area contributed by atoms with Crippen LogP contribution in [0.2, 0.25) is 0 Å². The zero-order chi connectivity index (χ0) is 13.7. The van der Waals surface area contributed by atoms with Crippen LogP contribution in [0, 0.1) is 10.1 Å². The van der Waals surface area contributed by atoms with Gasteiger partial charge in [0.05, 0.1) is 30.3 Å². The van der Waals surface area contributed by atoms with Crippen molar-refractivity contribution in [3.05, 3.63) is 27.8 Å². The molecule has 0 atom stereocenters. The van der Waals surface area contributed by atoms with Gasteiger partial charge in [0.15, 0.2) is 11.5 Å². The number of alkyl halides is 2. The lowest BCUT2D eigenvalue weighted by atomic mass is 10.1. The van der Waals surface area contributed by atoms with Crippen molar-refractivity contribution in [1.82, 2.24) is 0 Å². The molecule has 0 saturated heterocycles. The van der Waals surface area contributed by atoms with Crippen molar-refractivity contribution in [3.63, 3.8) is 0 Å². The summed E-state index contributed by atoms with van der Waals surface area (Å²) in [4.78, 5) is 9.98. The molecule has 0 heterocycles. The maximum atomic E-state index is 12.0. The van der Waals surface area contributed by atoms with Gasteiger partial charge in [0.2, 0.25) is 0 Å². The van der Waals surface area contributed by atoms with Gasteiger partial charge in [0, 0.05) is 0 Å². The Morgan fingerprint density at radius 2 is 2.11 bits per heavy atom. The zero-order valence-corrected chi connectivity index (χ0v) is 9.43. The van der Waals surface area contributed by atoms with E-state index in [0.717, 1.165) is 6.07 Å². The molecule has 0 amide bonds. The SMILES string of the molecule is COc1cc(CO)c([N+](=O)[O-])cc1OCC(F)F. The van der Waals surface area contributed by atoms with E-state index in [1.54, 1.807) is 0 Å². The molecular weight excluding hydrogens is 252 g/mol. The largest absolute Gasteiger partial charge is 0.493 e. The first-order chi connectivity index (χ1) is 8.49. The van der Waals surface area contributed by atoms with Gasteiger partial charge in [-0.05, 0) is 6.07 Å². The van der Waals surface area contributed by atoms with E-state index >= 15 is 0 Å².